The zero-order valence-electron chi connectivity index (χ0n) is 16.5. The molecule has 136 valence electrons. The third kappa shape index (κ3) is 4.59. The minimum absolute atomic E-state index is 0.766. The van der Waals surface area contributed by atoms with E-state index in [0.717, 1.165) is 40.3 Å². The van der Waals surface area contributed by atoms with Crippen molar-refractivity contribution in [2.24, 2.45) is 0 Å². The van der Waals surface area contributed by atoms with Crippen molar-refractivity contribution in [3.63, 3.8) is 0 Å². The van der Waals surface area contributed by atoms with Crippen LogP contribution in [0.3, 0.4) is 0 Å². The minimum atomic E-state index is 0.766. The molecule has 1 heterocycles. The molecule has 0 unspecified atom stereocenters. The molecule has 2 nitrogen and oxygen atoms in total. The van der Waals surface area contributed by atoms with Gasteiger partial charge < -0.3 is 0 Å². The highest BCUT2D eigenvalue weighted by atomic mass is 14.9. The Balaban J connectivity index is 2.21. The molecule has 27 heavy (non-hydrogen) atoms. The van der Waals surface area contributed by atoms with Gasteiger partial charge in [-0.15, -0.1) is 0 Å². The topological polar surface area (TPSA) is 25.8 Å². The van der Waals surface area contributed by atoms with E-state index in [9.17, 15) is 0 Å². The van der Waals surface area contributed by atoms with Crippen LogP contribution >= 0.6 is 0 Å². The Labute approximate surface area is 162 Å². The van der Waals surface area contributed by atoms with Crippen LogP contribution in [0.2, 0.25) is 0 Å². The molecule has 0 spiro atoms. The summed E-state index contributed by atoms with van der Waals surface area (Å²) in [6.07, 6.45) is 7.41. The molecule has 0 amide bonds. The molecule has 2 heteroatoms. The Morgan fingerprint density at radius 1 is 0.889 bits per heavy atom. The van der Waals surface area contributed by atoms with Gasteiger partial charge in [0.25, 0.3) is 0 Å². The summed E-state index contributed by atoms with van der Waals surface area (Å²) >= 11 is 0. The molecule has 2 aromatic carbocycles. The predicted molar refractivity (Wildman–Crippen MR) is 115 cm³/mol. The number of hydrogen-bond acceptors (Lipinski definition) is 2. The quantitative estimate of drug-likeness (QED) is 0.471. The molecule has 0 radical (unpaired) electrons. The highest BCUT2D eigenvalue weighted by Crippen LogP contribution is 2.27. The van der Waals surface area contributed by atoms with Gasteiger partial charge in [-0.2, -0.15) is 0 Å². The molecule has 0 aliphatic heterocycles. The molecule has 0 aliphatic rings. The summed E-state index contributed by atoms with van der Waals surface area (Å²) < 4.78 is 0. The third-order valence-electron chi connectivity index (χ3n) is 4.42. The molecule has 0 bridgehead atoms. The van der Waals surface area contributed by atoms with Crippen molar-refractivity contribution >= 4 is 5.57 Å². The first-order chi connectivity index (χ1) is 13.1. The van der Waals surface area contributed by atoms with E-state index in [1.54, 1.807) is 0 Å². The molecule has 0 saturated heterocycles. The maximum absolute atomic E-state index is 4.90. The first kappa shape index (κ1) is 18.8. The van der Waals surface area contributed by atoms with Gasteiger partial charge in [0.1, 0.15) is 0 Å². The smallest absolute Gasteiger partial charge is 0.160 e. The van der Waals surface area contributed by atoms with Crippen molar-refractivity contribution in [3.05, 3.63) is 89.6 Å². The number of rotatable bonds is 5. The summed E-state index contributed by atoms with van der Waals surface area (Å²) in [4.78, 5) is 9.80. The molecule has 0 fully saturated rings. The van der Waals surface area contributed by atoms with Gasteiger partial charge in [0, 0.05) is 11.1 Å². The Kier molecular flexibility index (Phi) is 5.97. The molecular weight excluding hydrogens is 328 g/mol. The van der Waals surface area contributed by atoms with Gasteiger partial charge in [-0.05, 0) is 51.0 Å². The van der Waals surface area contributed by atoms with Gasteiger partial charge in [-0.25, -0.2) is 9.97 Å². The van der Waals surface area contributed by atoms with E-state index < -0.39 is 0 Å². The van der Waals surface area contributed by atoms with Crippen LogP contribution in [0.15, 0.2) is 72.8 Å². The number of aryl methyl sites for hydroxylation is 2. The van der Waals surface area contributed by atoms with Gasteiger partial charge in [-0.1, -0.05) is 72.7 Å². The van der Waals surface area contributed by atoms with Gasteiger partial charge in [0.05, 0.1) is 11.4 Å². The number of nitrogens with zero attached hydrogens (tertiary/aromatic N) is 2. The molecule has 3 aromatic rings. The van der Waals surface area contributed by atoms with E-state index >= 15 is 0 Å². The minimum Gasteiger partial charge on any atom is -0.228 e. The lowest BCUT2D eigenvalue weighted by Gasteiger charge is -2.11. The Morgan fingerprint density at radius 2 is 1.59 bits per heavy atom. The second-order valence-corrected chi connectivity index (χ2v) is 6.76. The lowest BCUT2D eigenvalue weighted by molar-refractivity contribution is 1.15. The van der Waals surface area contributed by atoms with E-state index in [1.807, 2.05) is 18.2 Å². The molecule has 3 rings (SSSR count). The summed E-state index contributed by atoms with van der Waals surface area (Å²) in [5, 5.41) is 0. The zero-order valence-corrected chi connectivity index (χ0v) is 16.5. The molecule has 0 atom stereocenters. The maximum Gasteiger partial charge on any atom is 0.160 e. The second kappa shape index (κ2) is 8.59. The number of aromatic nitrogens is 2. The van der Waals surface area contributed by atoms with Crippen molar-refractivity contribution in [1.29, 1.82) is 0 Å². The lowest BCUT2D eigenvalue weighted by atomic mass is 10.0. The fourth-order valence-electron chi connectivity index (χ4n) is 3.16. The average molecular weight is 354 g/mol. The molecule has 0 aliphatic carbocycles. The summed E-state index contributed by atoms with van der Waals surface area (Å²) in [5.41, 5.74) is 7.60. The van der Waals surface area contributed by atoms with Crippen LogP contribution in [0.1, 0.15) is 37.1 Å². The van der Waals surface area contributed by atoms with Crippen LogP contribution in [0.5, 0.6) is 0 Å². The van der Waals surface area contributed by atoms with Crippen molar-refractivity contribution in [2.75, 3.05) is 0 Å². The highest BCUT2D eigenvalue weighted by molar-refractivity contribution is 5.76. The Morgan fingerprint density at radius 3 is 2.22 bits per heavy atom. The monoisotopic (exact) mass is 354 g/mol. The largest absolute Gasteiger partial charge is 0.228 e. The Hall–Kier alpha value is -3.00. The van der Waals surface area contributed by atoms with E-state index in [2.05, 4.69) is 82.3 Å². The number of allylic oxidation sites excluding steroid dienone is 4. The van der Waals surface area contributed by atoms with Gasteiger partial charge in [0.2, 0.25) is 0 Å². The van der Waals surface area contributed by atoms with Gasteiger partial charge in [-0.3, -0.25) is 0 Å². The van der Waals surface area contributed by atoms with Crippen LogP contribution in [-0.4, -0.2) is 9.97 Å². The summed E-state index contributed by atoms with van der Waals surface area (Å²) in [5.74, 6) is 0.766. The first-order valence-electron chi connectivity index (χ1n) is 9.47. The zero-order chi connectivity index (χ0) is 19.2. The van der Waals surface area contributed by atoms with Crippen molar-refractivity contribution in [2.45, 2.75) is 34.1 Å². The van der Waals surface area contributed by atoms with Crippen LogP contribution in [0.4, 0.5) is 0 Å². The number of benzene rings is 2. The van der Waals surface area contributed by atoms with E-state index in [-0.39, 0.29) is 0 Å². The van der Waals surface area contributed by atoms with Crippen LogP contribution in [0.25, 0.3) is 28.2 Å². The van der Waals surface area contributed by atoms with Crippen molar-refractivity contribution in [1.82, 2.24) is 9.97 Å². The fraction of sp³-hybridized carbons (Fsp3) is 0.200. The van der Waals surface area contributed by atoms with Crippen LogP contribution in [0, 0.1) is 13.8 Å². The maximum atomic E-state index is 4.90. The summed E-state index contributed by atoms with van der Waals surface area (Å²) in [6, 6.07) is 18.9. The highest BCUT2D eigenvalue weighted by Gasteiger charge is 2.11. The fourth-order valence-corrected chi connectivity index (χ4v) is 3.16. The first-order valence-corrected chi connectivity index (χ1v) is 9.47. The molecule has 0 N–H and O–H groups in total. The van der Waals surface area contributed by atoms with Gasteiger partial charge >= 0.3 is 0 Å². The molecular formula is C25H26N2. The lowest BCUT2D eigenvalue weighted by Crippen LogP contribution is -1.98. The van der Waals surface area contributed by atoms with Crippen LogP contribution < -0.4 is 0 Å². The molecule has 1 aromatic heterocycles. The summed E-state index contributed by atoms with van der Waals surface area (Å²) in [7, 11) is 0. The van der Waals surface area contributed by atoms with Gasteiger partial charge in [0.15, 0.2) is 5.82 Å². The summed E-state index contributed by atoms with van der Waals surface area (Å²) in [6.45, 7) is 8.41. The van der Waals surface area contributed by atoms with E-state index in [1.165, 1.54) is 11.1 Å². The Bertz CT molecular complexity index is 962. The van der Waals surface area contributed by atoms with E-state index in [0.29, 0.717) is 0 Å². The van der Waals surface area contributed by atoms with Crippen LogP contribution in [-0.2, 0) is 0 Å². The SMILES string of the molecule is C/C=C(\C=C/CC)c1cc(-c2ccccc2)nc(-c2cc(C)cc(C)c2)n1. The van der Waals surface area contributed by atoms with Crippen molar-refractivity contribution < 1.29 is 0 Å². The third-order valence-corrected chi connectivity index (χ3v) is 4.42. The predicted octanol–water partition coefficient (Wildman–Crippen LogP) is 6.80. The molecule has 0 saturated carbocycles. The average Bonchev–Trinajstić information content (AvgIpc) is 2.68. The second-order valence-electron chi connectivity index (χ2n) is 6.76. The standard InChI is InChI=1S/C25H26N2/c1-5-7-11-20(6-2)23-17-24(21-12-9-8-10-13-21)27-25(26-23)22-15-18(3)14-19(4)16-22/h6-17H,5H2,1-4H3/b11-7-,20-6+. The van der Waals surface area contributed by atoms with Crippen molar-refractivity contribution in [3.8, 4) is 22.6 Å². The number of hydrogen-bond donors (Lipinski definition) is 0. The normalized spacial score (nSPS) is 11.9. The van der Waals surface area contributed by atoms with E-state index in [4.69, 9.17) is 9.97 Å².